The Morgan fingerprint density at radius 2 is 1.91 bits per heavy atom. The number of amides is 3. The molecule has 172 valence electrons. The maximum absolute atomic E-state index is 13.4. The standard InChI is InChI=1S/C24H25N3O4S2/c1-10-5-4-6-11(7-10)25-14(28)9-27-21(29)15-12-8-13(16(15)22(27)30)18-17(12)24(2,3)19-20(32-18)26-23(31)33-19/h4-7,12-13,15-18H,8-9H2,1-3H3,(H,25,28)(H,26,31)/t12-,13+,15-,16+,17+,18+/m0/s1. The number of hydrogen-bond acceptors (Lipinski definition) is 6. The van der Waals surface area contributed by atoms with Crippen molar-refractivity contribution in [3.8, 4) is 0 Å². The number of nitrogens with zero attached hydrogens (tertiary/aromatic N) is 1. The third-order valence-electron chi connectivity index (χ3n) is 8.09. The summed E-state index contributed by atoms with van der Waals surface area (Å²) in [5, 5.41) is 3.93. The Hall–Kier alpha value is -2.39. The van der Waals surface area contributed by atoms with Crippen LogP contribution in [0.3, 0.4) is 0 Å². The zero-order valence-corrected chi connectivity index (χ0v) is 20.2. The molecular formula is C24H25N3O4S2. The van der Waals surface area contributed by atoms with Gasteiger partial charge in [-0.05, 0) is 48.8 Å². The number of thiazole rings is 1. The number of aryl methyl sites for hydroxylation is 1. The molecule has 2 aromatic rings. The molecule has 0 radical (unpaired) electrons. The van der Waals surface area contributed by atoms with Gasteiger partial charge in [0.15, 0.2) is 0 Å². The molecule has 2 aliphatic carbocycles. The highest BCUT2D eigenvalue weighted by Gasteiger charge is 2.70. The van der Waals surface area contributed by atoms with Gasteiger partial charge in [-0.2, -0.15) is 0 Å². The molecule has 2 aliphatic heterocycles. The molecule has 2 bridgehead atoms. The second-order valence-electron chi connectivity index (χ2n) is 10.3. The molecule has 2 saturated carbocycles. The van der Waals surface area contributed by atoms with Crippen molar-refractivity contribution in [2.24, 2.45) is 29.6 Å². The number of aromatic nitrogens is 1. The van der Waals surface area contributed by atoms with Crippen molar-refractivity contribution in [1.29, 1.82) is 0 Å². The number of H-pyrrole nitrogens is 1. The number of anilines is 1. The molecule has 1 aromatic carbocycles. The van der Waals surface area contributed by atoms with E-state index < -0.39 is 0 Å². The number of nitrogens with one attached hydrogen (secondary N) is 2. The van der Waals surface area contributed by atoms with Crippen molar-refractivity contribution >= 4 is 46.5 Å². The lowest BCUT2D eigenvalue weighted by molar-refractivity contribution is -0.143. The number of carbonyl (C=O) groups excluding carboxylic acids is 3. The molecule has 7 nitrogen and oxygen atoms in total. The number of carbonyl (C=O) groups is 3. The van der Waals surface area contributed by atoms with Crippen LogP contribution in [0.2, 0.25) is 0 Å². The van der Waals surface area contributed by atoms with E-state index in [4.69, 9.17) is 0 Å². The van der Waals surface area contributed by atoms with Crippen LogP contribution < -0.4 is 10.2 Å². The minimum atomic E-state index is -0.360. The molecule has 33 heavy (non-hydrogen) atoms. The fourth-order valence-electron chi connectivity index (χ4n) is 6.94. The van der Waals surface area contributed by atoms with E-state index in [1.165, 1.54) is 16.2 Å². The van der Waals surface area contributed by atoms with Gasteiger partial charge in [0, 0.05) is 21.2 Å². The molecule has 1 saturated heterocycles. The van der Waals surface area contributed by atoms with E-state index in [2.05, 4.69) is 24.1 Å². The average Bonchev–Trinajstić information content (AvgIpc) is 3.46. The van der Waals surface area contributed by atoms with Gasteiger partial charge in [0.25, 0.3) is 0 Å². The van der Waals surface area contributed by atoms with Crippen LogP contribution in [0.5, 0.6) is 0 Å². The van der Waals surface area contributed by atoms with Crippen LogP contribution in [0.4, 0.5) is 5.69 Å². The Labute approximate surface area is 199 Å². The number of aromatic amines is 1. The number of imide groups is 1. The zero-order valence-electron chi connectivity index (χ0n) is 18.6. The molecule has 0 unspecified atom stereocenters. The van der Waals surface area contributed by atoms with Gasteiger partial charge in [-0.15, -0.1) is 11.8 Å². The highest BCUT2D eigenvalue weighted by molar-refractivity contribution is 8.00. The van der Waals surface area contributed by atoms with Crippen molar-refractivity contribution in [2.75, 3.05) is 11.9 Å². The fourth-order valence-corrected chi connectivity index (χ4v) is 10.1. The Bertz CT molecular complexity index is 1260. The Morgan fingerprint density at radius 3 is 2.64 bits per heavy atom. The number of rotatable bonds is 3. The summed E-state index contributed by atoms with van der Waals surface area (Å²) in [6.45, 7) is 6.02. The molecule has 6 rings (SSSR count). The number of fused-ring (bicyclic) bond motifs is 9. The van der Waals surface area contributed by atoms with Gasteiger partial charge < -0.3 is 10.3 Å². The van der Waals surface area contributed by atoms with Gasteiger partial charge in [0.05, 0.1) is 16.9 Å². The molecule has 3 amide bonds. The van der Waals surface area contributed by atoms with Crippen LogP contribution in [0.25, 0.3) is 0 Å². The number of benzene rings is 1. The second kappa shape index (κ2) is 7.06. The van der Waals surface area contributed by atoms with Crippen molar-refractivity contribution in [2.45, 2.75) is 42.9 Å². The molecule has 4 aliphatic rings. The Morgan fingerprint density at radius 1 is 1.18 bits per heavy atom. The van der Waals surface area contributed by atoms with E-state index in [9.17, 15) is 19.2 Å². The Balaban J connectivity index is 1.26. The summed E-state index contributed by atoms with van der Waals surface area (Å²) < 4.78 is 0. The lowest BCUT2D eigenvalue weighted by atomic mass is 9.64. The van der Waals surface area contributed by atoms with Gasteiger partial charge in [-0.1, -0.05) is 37.3 Å². The molecular weight excluding hydrogens is 458 g/mol. The largest absolute Gasteiger partial charge is 0.325 e. The van der Waals surface area contributed by atoms with E-state index in [0.717, 1.165) is 21.9 Å². The minimum Gasteiger partial charge on any atom is -0.325 e. The van der Waals surface area contributed by atoms with Crippen LogP contribution in [-0.2, 0) is 19.8 Å². The minimum absolute atomic E-state index is 0.0500. The quantitative estimate of drug-likeness (QED) is 0.654. The lowest BCUT2D eigenvalue weighted by Gasteiger charge is -2.47. The first-order valence-electron chi connectivity index (χ1n) is 11.3. The van der Waals surface area contributed by atoms with Gasteiger partial charge in [-0.25, -0.2) is 0 Å². The average molecular weight is 484 g/mol. The molecule has 9 heteroatoms. The first-order chi connectivity index (χ1) is 15.7. The predicted octanol–water partition coefficient (Wildman–Crippen LogP) is 3.00. The van der Waals surface area contributed by atoms with Crippen molar-refractivity contribution in [1.82, 2.24) is 9.88 Å². The predicted molar refractivity (Wildman–Crippen MR) is 126 cm³/mol. The zero-order chi connectivity index (χ0) is 23.2. The van der Waals surface area contributed by atoms with Crippen molar-refractivity contribution < 1.29 is 14.4 Å². The highest BCUT2D eigenvalue weighted by Crippen LogP contribution is 2.68. The normalized spacial score (nSPS) is 33.1. The highest BCUT2D eigenvalue weighted by atomic mass is 32.2. The first-order valence-corrected chi connectivity index (χ1v) is 13.0. The molecule has 6 atom stereocenters. The number of hydrogen-bond donors (Lipinski definition) is 2. The van der Waals surface area contributed by atoms with Crippen LogP contribution in [0.1, 0.15) is 30.7 Å². The van der Waals surface area contributed by atoms with E-state index in [-0.39, 0.29) is 69.4 Å². The molecule has 0 spiro atoms. The van der Waals surface area contributed by atoms with Gasteiger partial charge >= 0.3 is 4.87 Å². The second-order valence-corrected chi connectivity index (χ2v) is 12.5. The Kier molecular flexibility index (Phi) is 4.52. The van der Waals surface area contributed by atoms with Gasteiger partial charge in [0.2, 0.25) is 17.7 Å². The maximum atomic E-state index is 13.4. The van der Waals surface area contributed by atoms with Gasteiger partial charge in [0.1, 0.15) is 6.54 Å². The molecule has 3 fully saturated rings. The van der Waals surface area contributed by atoms with E-state index >= 15 is 0 Å². The summed E-state index contributed by atoms with van der Waals surface area (Å²) in [7, 11) is 0. The SMILES string of the molecule is Cc1cccc(NC(=O)CN2C(=O)[C@@H]3[C@H]4C[C@@H]([C@@H]3C2=O)[C@@H]2[C@@H]4Sc3[nH]c(=O)sc3C2(C)C)c1. The molecule has 1 aromatic heterocycles. The fraction of sp³-hybridized carbons (Fsp3) is 0.500. The third kappa shape index (κ3) is 2.94. The van der Waals surface area contributed by atoms with Crippen LogP contribution >= 0.6 is 23.1 Å². The van der Waals surface area contributed by atoms with Crippen LogP contribution in [0.15, 0.2) is 34.1 Å². The van der Waals surface area contributed by atoms with Crippen molar-refractivity contribution in [3.05, 3.63) is 44.4 Å². The smallest absolute Gasteiger partial charge is 0.305 e. The summed E-state index contributed by atoms with van der Waals surface area (Å²) in [6, 6.07) is 7.44. The van der Waals surface area contributed by atoms with E-state index in [1.54, 1.807) is 17.8 Å². The topological polar surface area (TPSA) is 99.3 Å². The summed E-state index contributed by atoms with van der Waals surface area (Å²) >= 11 is 2.94. The summed E-state index contributed by atoms with van der Waals surface area (Å²) in [6.07, 6.45) is 0.862. The first kappa shape index (κ1) is 21.2. The van der Waals surface area contributed by atoms with Crippen LogP contribution in [-0.4, -0.2) is 39.4 Å². The summed E-state index contributed by atoms with van der Waals surface area (Å²) in [5.41, 5.74) is 1.44. The summed E-state index contributed by atoms with van der Waals surface area (Å²) in [4.78, 5) is 56.7. The third-order valence-corrected chi connectivity index (χ3v) is 10.9. The van der Waals surface area contributed by atoms with Crippen LogP contribution in [0, 0.1) is 36.5 Å². The van der Waals surface area contributed by atoms with E-state index in [0.29, 0.717) is 5.69 Å². The van der Waals surface area contributed by atoms with Gasteiger partial charge in [-0.3, -0.25) is 24.1 Å². The molecule has 3 heterocycles. The number of thioether (sulfide) groups is 1. The number of likely N-dealkylation sites (tertiary alicyclic amines) is 1. The summed E-state index contributed by atoms with van der Waals surface area (Å²) in [5.74, 6) is -1.07. The monoisotopic (exact) mass is 483 g/mol. The lowest BCUT2D eigenvalue weighted by Crippen LogP contribution is -2.48. The van der Waals surface area contributed by atoms with Crippen molar-refractivity contribution in [3.63, 3.8) is 0 Å². The maximum Gasteiger partial charge on any atom is 0.305 e. The molecule has 2 N–H and O–H groups in total. The van der Waals surface area contributed by atoms with E-state index in [1.807, 2.05) is 25.1 Å².